The van der Waals surface area contributed by atoms with Gasteiger partial charge in [-0.15, -0.1) is 0 Å². The Morgan fingerprint density at radius 3 is 2.71 bits per heavy atom. The van der Waals surface area contributed by atoms with E-state index in [1.807, 2.05) is 0 Å². The number of carbonyl (C=O) groups excluding carboxylic acids is 1. The highest BCUT2D eigenvalue weighted by Gasteiger charge is 2.36. The maximum atomic E-state index is 12.5. The predicted molar refractivity (Wildman–Crippen MR) is 54.0 cm³/mol. The topological polar surface area (TPSA) is 55.0 Å². The lowest BCUT2D eigenvalue weighted by Gasteiger charge is -2.03. The van der Waals surface area contributed by atoms with Crippen molar-refractivity contribution >= 4 is 12.0 Å². The van der Waals surface area contributed by atoms with Crippen LogP contribution in [-0.4, -0.2) is 22.8 Å². The molecular weight excluding hydrogens is 237 g/mol. The van der Waals surface area contributed by atoms with Crippen LogP contribution in [0.3, 0.4) is 0 Å². The first kappa shape index (κ1) is 13.3. The second-order valence-corrected chi connectivity index (χ2v) is 3.19. The van der Waals surface area contributed by atoms with Crippen LogP contribution in [0.2, 0.25) is 0 Å². The lowest BCUT2D eigenvalue weighted by atomic mass is 10.1. The molecule has 1 aromatic heterocycles. The van der Waals surface area contributed by atoms with Crippen molar-refractivity contribution < 1.29 is 22.7 Å². The van der Waals surface area contributed by atoms with E-state index in [0.29, 0.717) is 0 Å². The molecule has 0 unspecified atom stereocenters. The first-order valence-corrected chi connectivity index (χ1v) is 4.83. The number of nitrogens with zero attached hydrogens (tertiary/aromatic N) is 1. The molecule has 0 bridgehead atoms. The summed E-state index contributed by atoms with van der Waals surface area (Å²) in [6.07, 6.45) is -2.57. The van der Waals surface area contributed by atoms with E-state index in [1.54, 1.807) is 6.92 Å². The van der Waals surface area contributed by atoms with Crippen molar-refractivity contribution in [3.63, 3.8) is 0 Å². The Labute approximate surface area is 95.5 Å². The molecule has 1 heterocycles. The summed E-state index contributed by atoms with van der Waals surface area (Å²) in [5.41, 5.74) is -0.973. The average Bonchev–Trinajstić information content (AvgIpc) is 2.57. The molecule has 1 N–H and O–H groups in total. The van der Waals surface area contributed by atoms with Crippen molar-refractivity contribution in [3.8, 4) is 0 Å². The molecule has 0 saturated carbocycles. The minimum Gasteiger partial charge on any atom is -0.463 e. The van der Waals surface area contributed by atoms with Gasteiger partial charge >= 0.3 is 12.1 Å². The molecule has 1 rings (SSSR count). The van der Waals surface area contributed by atoms with Crippen LogP contribution in [0.4, 0.5) is 13.2 Å². The zero-order chi connectivity index (χ0) is 13.1. The molecule has 0 amide bonds. The van der Waals surface area contributed by atoms with Gasteiger partial charge in [0, 0.05) is 17.3 Å². The van der Waals surface area contributed by atoms with Crippen molar-refractivity contribution in [2.24, 2.45) is 0 Å². The van der Waals surface area contributed by atoms with E-state index in [2.05, 4.69) is 14.9 Å². The van der Waals surface area contributed by atoms with Gasteiger partial charge in [0.15, 0.2) is 5.69 Å². The van der Waals surface area contributed by atoms with Crippen LogP contribution in [0.15, 0.2) is 6.08 Å². The Morgan fingerprint density at radius 1 is 1.53 bits per heavy atom. The third-order valence-electron chi connectivity index (χ3n) is 1.94. The summed E-state index contributed by atoms with van der Waals surface area (Å²) in [7, 11) is 0. The van der Waals surface area contributed by atoms with Gasteiger partial charge in [-0.05, 0) is 19.9 Å². The summed E-state index contributed by atoms with van der Waals surface area (Å²) >= 11 is 0. The van der Waals surface area contributed by atoms with Crippen molar-refractivity contribution in [1.29, 1.82) is 0 Å². The minimum absolute atomic E-state index is 0.162. The zero-order valence-electron chi connectivity index (χ0n) is 9.26. The molecule has 0 spiro atoms. The number of alkyl halides is 3. The molecule has 0 fully saturated rings. The van der Waals surface area contributed by atoms with E-state index in [4.69, 9.17) is 0 Å². The molecule has 0 aliphatic rings. The van der Waals surface area contributed by atoms with E-state index in [0.717, 1.165) is 12.2 Å². The van der Waals surface area contributed by atoms with Crippen LogP contribution in [0.25, 0.3) is 6.08 Å². The van der Waals surface area contributed by atoms with Crippen molar-refractivity contribution in [3.05, 3.63) is 23.0 Å². The summed E-state index contributed by atoms with van der Waals surface area (Å²) < 4.78 is 42.1. The number of aromatic nitrogens is 2. The van der Waals surface area contributed by atoms with Crippen LogP contribution in [-0.2, 0) is 15.7 Å². The molecule has 0 aromatic carbocycles. The summed E-state index contributed by atoms with van der Waals surface area (Å²) in [5.74, 6) is -0.693. The molecule has 1 aromatic rings. The van der Waals surface area contributed by atoms with Gasteiger partial charge in [0.25, 0.3) is 0 Å². The average molecular weight is 248 g/mol. The molecular formula is C10H11F3N2O2. The highest BCUT2D eigenvalue weighted by molar-refractivity contribution is 5.87. The van der Waals surface area contributed by atoms with Gasteiger partial charge in [-0.25, -0.2) is 4.79 Å². The fourth-order valence-corrected chi connectivity index (χ4v) is 1.20. The fraction of sp³-hybridized carbons (Fsp3) is 0.400. The second kappa shape index (κ2) is 5.03. The number of ether oxygens (including phenoxy) is 1. The second-order valence-electron chi connectivity index (χ2n) is 3.19. The molecule has 7 heteroatoms. The molecule has 94 valence electrons. The minimum atomic E-state index is -4.56. The molecule has 17 heavy (non-hydrogen) atoms. The Balaban J connectivity index is 2.98. The molecule has 0 aliphatic carbocycles. The number of carbonyl (C=O) groups is 1. The number of hydrogen-bond acceptors (Lipinski definition) is 3. The molecule has 0 aliphatic heterocycles. The fourth-order valence-electron chi connectivity index (χ4n) is 1.20. The molecule has 0 atom stereocenters. The van der Waals surface area contributed by atoms with Crippen molar-refractivity contribution in [2.45, 2.75) is 20.0 Å². The third kappa shape index (κ3) is 3.33. The largest absolute Gasteiger partial charge is 0.463 e. The van der Waals surface area contributed by atoms with Gasteiger partial charge in [0.2, 0.25) is 0 Å². The van der Waals surface area contributed by atoms with Crippen molar-refractivity contribution in [1.82, 2.24) is 10.2 Å². The Morgan fingerprint density at radius 2 is 2.18 bits per heavy atom. The van der Waals surface area contributed by atoms with Gasteiger partial charge in [0.05, 0.1) is 6.61 Å². The number of halogens is 3. The number of esters is 1. The van der Waals surface area contributed by atoms with Crippen molar-refractivity contribution in [2.75, 3.05) is 6.61 Å². The monoisotopic (exact) mass is 248 g/mol. The van der Waals surface area contributed by atoms with Crippen LogP contribution >= 0.6 is 0 Å². The Hall–Kier alpha value is -1.79. The van der Waals surface area contributed by atoms with Crippen LogP contribution in [0.1, 0.15) is 23.9 Å². The number of rotatable bonds is 3. The van der Waals surface area contributed by atoms with E-state index >= 15 is 0 Å². The lowest BCUT2D eigenvalue weighted by Crippen LogP contribution is -2.07. The van der Waals surface area contributed by atoms with E-state index in [9.17, 15) is 18.0 Å². The smallest absolute Gasteiger partial charge is 0.435 e. The predicted octanol–water partition coefficient (Wildman–Crippen LogP) is 2.31. The van der Waals surface area contributed by atoms with E-state index in [-0.39, 0.29) is 17.9 Å². The van der Waals surface area contributed by atoms with Gasteiger partial charge < -0.3 is 4.74 Å². The zero-order valence-corrected chi connectivity index (χ0v) is 9.26. The summed E-state index contributed by atoms with van der Waals surface area (Å²) in [6.45, 7) is 3.21. The van der Waals surface area contributed by atoms with E-state index in [1.165, 1.54) is 6.92 Å². The highest BCUT2D eigenvalue weighted by Crippen LogP contribution is 2.32. The number of nitrogens with one attached hydrogen (secondary N) is 1. The van der Waals surface area contributed by atoms with Gasteiger partial charge in [0.1, 0.15) is 0 Å². The number of H-pyrrole nitrogens is 1. The van der Waals surface area contributed by atoms with E-state index < -0.39 is 17.8 Å². The van der Waals surface area contributed by atoms with Crippen LogP contribution in [0, 0.1) is 6.92 Å². The van der Waals surface area contributed by atoms with Gasteiger partial charge in [-0.1, -0.05) is 0 Å². The summed E-state index contributed by atoms with van der Waals surface area (Å²) in [4.78, 5) is 11.0. The normalized spacial score (nSPS) is 12.1. The SMILES string of the molecule is CCOC(=O)C=Cc1c(C(F)(F)F)n[nH]c1C. The summed E-state index contributed by atoms with van der Waals surface area (Å²) in [6, 6.07) is 0. The van der Waals surface area contributed by atoms with Gasteiger partial charge in [-0.3, -0.25) is 5.10 Å². The molecule has 0 saturated heterocycles. The highest BCUT2D eigenvalue weighted by atomic mass is 19.4. The molecule has 0 radical (unpaired) electrons. The summed E-state index contributed by atoms with van der Waals surface area (Å²) in [5, 5.41) is 5.38. The van der Waals surface area contributed by atoms with Gasteiger partial charge in [-0.2, -0.15) is 18.3 Å². The number of hydrogen-bond donors (Lipinski definition) is 1. The lowest BCUT2D eigenvalue weighted by molar-refractivity contribution is -0.141. The van der Waals surface area contributed by atoms with Crippen LogP contribution < -0.4 is 0 Å². The maximum absolute atomic E-state index is 12.5. The Bertz CT molecular complexity index is 435. The third-order valence-corrected chi connectivity index (χ3v) is 1.94. The molecule has 4 nitrogen and oxygen atoms in total. The van der Waals surface area contributed by atoms with Crippen LogP contribution in [0.5, 0.6) is 0 Å². The Kier molecular flexibility index (Phi) is 3.93. The first-order chi connectivity index (χ1) is 7.86. The standard InChI is InChI=1S/C10H11F3N2O2/c1-3-17-8(16)5-4-7-6(2)14-15-9(7)10(11,12)13/h4-5H,3H2,1-2H3,(H,14,15). The number of aryl methyl sites for hydroxylation is 1. The first-order valence-electron chi connectivity index (χ1n) is 4.83. The number of aromatic amines is 1. The quantitative estimate of drug-likeness (QED) is 0.659. The maximum Gasteiger partial charge on any atom is 0.435 e.